The lowest BCUT2D eigenvalue weighted by molar-refractivity contribution is 0.0951. The molecule has 1 amide bonds. The van der Waals surface area contributed by atoms with Crippen LogP contribution in [-0.2, 0) is 13.6 Å². The average Bonchev–Trinajstić information content (AvgIpc) is 2.56. The molecule has 3 rings (SSSR count). The number of nitrogens with one attached hydrogen (secondary N) is 1. The summed E-state index contributed by atoms with van der Waals surface area (Å²) in [6.07, 6.45) is 1.68. The van der Waals surface area contributed by atoms with Gasteiger partial charge in [-0.25, -0.2) is 9.97 Å². The van der Waals surface area contributed by atoms with Crippen molar-refractivity contribution in [1.29, 1.82) is 0 Å². The van der Waals surface area contributed by atoms with Crippen molar-refractivity contribution in [2.24, 2.45) is 7.05 Å². The number of aryl methyl sites for hydroxylation is 3. The Balaban J connectivity index is 1.82. The summed E-state index contributed by atoms with van der Waals surface area (Å²) in [5.74, 6) is -0.247. The number of hydrogen-bond donors (Lipinski definition) is 1. The van der Waals surface area contributed by atoms with E-state index in [1.54, 1.807) is 43.6 Å². The molecule has 1 N–H and O–H groups in total. The monoisotopic (exact) mass is 322 g/mol. The molecule has 122 valence electrons. The van der Waals surface area contributed by atoms with E-state index in [2.05, 4.69) is 15.3 Å². The van der Waals surface area contributed by atoms with E-state index in [0.29, 0.717) is 16.6 Å². The molecule has 0 radical (unpaired) electrons. The Bertz CT molecular complexity index is 992. The van der Waals surface area contributed by atoms with Crippen LogP contribution in [0.15, 0.2) is 41.3 Å². The molecule has 0 atom stereocenters. The first kappa shape index (κ1) is 15.9. The van der Waals surface area contributed by atoms with Crippen molar-refractivity contribution in [3.63, 3.8) is 0 Å². The molecule has 6 nitrogen and oxygen atoms in total. The van der Waals surface area contributed by atoms with Gasteiger partial charge in [-0.1, -0.05) is 6.07 Å². The Hall–Kier alpha value is -3.02. The highest BCUT2D eigenvalue weighted by atomic mass is 16.2. The molecule has 24 heavy (non-hydrogen) atoms. The quantitative estimate of drug-likeness (QED) is 0.799. The summed E-state index contributed by atoms with van der Waals surface area (Å²) in [5.41, 5.74) is 4.07. The lowest BCUT2D eigenvalue weighted by Gasteiger charge is -2.07. The van der Waals surface area contributed by atoms with Crippen LogP contribution in [0.1, 0.15) is 27.3 Å². The van der Waals surface area contributed by atoms with E-state index >= 15 is 0 Å². The summed E-state index contributed by atoms with van der Waals surface area (Å²) in [7, 11) is 1.68. The van der Waals surface area contributed by atoms with Gasteiger partial charge in [-0.2, -0.15) is 0 Å². The van der Waals surface area contributed by atoms with Crippen LogP contribution in [0.25, 0.3) is 11.0 Å². The lowest BCUT2D eigenvalue weighted by atomic mass is 10.1. The number of fused-ring (bicyclic) bond motifs is 1. The van der Waals surface area contributed by atoms with Crippen molar-refractivity contribution in [2.75, 3.05) is 0 Å². The molecule has 0 unspecified atom stereocenters. The van der Waals surface area contributed by atoms with Crippen LogP contribution in [0.5, 0.6) is 0 Å². The first-order valence-electron chi connectivity index (χ1n) is 7.63. The van der Waals surface area contributed by atoms with Gasteiger partial charge in [-0.05, 0) is 38.1 Å². The molecule has 0 fully saturated rings. The Labute approximate surface area is 139 Å². The van der Waals surface area contributed by atoms with Crippen LogP contribution in [-0.4, -0.2) is 20.4 Å². The van der Waals surface area contributed by atoms with E-state index in [-0.39, 0.29) is 18.0 Å². The zero-order valence-electron chi connectivity index (χ0n) is 13.8. The molecule has 3 aromatic rings. The van der Waals surface area contributed by atoms with Gasteiger partial charge in [0.15, 0.2) is 0 Å². The number of rotatable bonds is 3. The summed E-state index contributed by atoms with van der Waals surface area (Å²) in [5, 5.41) is 2.77. The number of aromatic nitrogens is 3. The van der Waals surface area contributed by atoms with Crippen molar-refractivity contribution < 1.29 is 4.79 Å². The minimum atomic E-state index is -0.247. The van der Waals surface area contributed by atoms with Crippen molar-refractivity contribution in [3.05, 3.63) is 69.4 Å². The molecule has 6 heteroatoms. The minimum absolute atomic E-state index is 0.117. The fourth-order valence-electron chi connectivity index (χ4n) is 2.44. The maximum Gasteiger partial charge on any atom is 0.255 e. The molecular weight excluding hydrogens is 304 g/mol. The summed E-state index contributed by atoms with van der Waals surface area (Å²) in [4.78, 5) is 33.2. The van der Waals surface area contributed by atoms with Gasteiger partial charge < -0.3 is 9.88 Å². The molecule has 1 aromatic carbocycles. The van der Waals surface area contributed by atoms with E-state index in [1.165, 1.54) is 4.57 Å². The third-order valence-electron chi connectivity index (χ3n) is 3.98. The Kier molecular flexibility index (Phi) is 4.12. The SMILES string of the molecule is Cc1nc2ccc(C(=O)NCc3cccn(C)c3=O)cc2nc1C. The van der Waals surface area contributed by atoms with Gasteiger partial charge in [0.25, 0.3) is 11.5 Å². The van der Waals surface area contributed by atoms with Crippen molar-refractivity contribution in [2.45, 2.75) is 20.4 Å². The second kappa shape index (κ2) is 6.23. The van der Waals surface area contributed by atoms with Gasteiger partial charge in [0.1, 0.15) is 0 Å². The maximum atomic E-state index is 12.3. The first-order valence-corrected chi connectivity index (χ1v) is 7.63. The summed E-state index contributed by atoms with van der Waals surface area (Å²) >= 11 is 0. The fourth-order valence-corrected chi connectivity index (χ4v) is 2.44. The van der Waals surface area contributed by atoms with Gasteiger partial charge >= 0.3 is 0 Å². The topological polar surface area (TPSA) is 76.9 Å². The van der Waals surface area contributed by atoms with Gasteiger partial charge in [0, 0.05) is 30.9 Å². The Morgan fingerprint density at radius 3 is 2.58 bits per heavy atom. The van der Waals surface area contributed by atoms with Gasteiger partial charge in [-0.3, -0.25) is 9.59 Å². The number of benzene rings is 1. The van der Waals surface area contributed by atoms with Crippen LogP contribution in [0.4, 0.5) is 0 Å². The first-order chi connectivity index (χ1) is 11.5. The van der Waals surface area contributed by atoms with E-state index in [4.69, 9.17) is 0 Å². The van der Waals surface area contributed by atoms with Crippen LogP contribution >= 0.6 is 0 Å². The minimum Gasteiger partial charge on any atom is -0.348 e. The predicted molar refractivity (Wildman–Crippen MR) is 91.9 cm³/mol. The van der Waals surface area contributed by atoms with Crippen LogP contribution in [0.2, 0.25) is 0 Å². The van der Waals surface area contributed by atoms with Crippen LogP contribution in [0.3, 0.4) is 0 Å². The smallest absolute Gasteiger partial charge is 0.255 e. The largest absolute Gasteiger partial charge is 0.348 e. The number of carbonyl (C=O) groups is 1. The second-order valence-corrected chi connectivity index (χ2v) is 5.73. The molecule has 0 aliphatic carbocycles. The molecule has 0 saturated heterocycles. The van der Waals surface area contributed by atoms with E-state index < -0.39 is 0 Å². The standard InChI is InChI=1S/C18H18N4O2/c1-11-12(2)21-16-9-13(6-7-15(16)20-11)17(23)19-10-14-5-4-8-22(3)18(14)24/h4-9H,10H2,1-3H3,(H,19,23). The number of carbonyl (C=O) groups excluding carboxylic acids is 1. The molecule has 0 saturated carbocycles. The Morgan fingerprint density at radius 1 is 1.12 bits per heavy atom. The number of nitrogens with zero attached hydrogens (tertiary/aromatic N) is 3. The highest BCUT2D eigenvalue weighted by Crippen LogP contribution is 2.14. The molecule has 0 bridgehead atoms. The lowest BCUT2D eigenvalue weighted by Crippen LogP contribution is -2.28. The fraction of sp³-hybridized carbons (Fsp3) is 0.222. The zero-order valence-corrected chi connectivity index (χ0v) is 13.8. The molecule has 0 spiro atoms. The van der Waals surface area contributed by atoms with Crippen LogP contribution < -0.4 is 10.9 Å². The third kappa shape index (κ3) is 3.03. The maximum absolute atomic E-state index is 12.3. The normalized spacial score (nSPS) is 10.8. The predicted octanol–water partition coefficient (Wildman–Crippen LogP) is 1.88. The number of pyridine rings is 1. The molecular formula is C18H18N4O2. The average molecular weight is 322 g/mol. The molecule has 0 aliphatic rings. The molecule has 2 aromatic heterocycles. The zero-order chi connectivity index (χ0) is 17.3. The van der Waals surface area contributed by atoms with Gasteiger partial charge in [-0.15, -0.1) is 0 Å². The summed E-state index contributed by atoms with van der Waals surface area (Å²) in [6, 6.07) is 8.70. The highest BCUT2D eigenvalue weighted by molar-refractivity contribution is 5.97. The summed E-state index contributed by atoms with van der Waals surface area (Å²) in [6.45, 7) is 3.98. The number of hydrogen-bond acceptors (Lipinski definition) is 4. The summed E-state index contributed by atoms with van der Waals surface area (Å²) < 4.78 is 1.48. The highest BCUT2D eigenvalue weighted by Gasteiger charge is 2.10. The number of amides is 1. The Morgan fingerprint density at radius 2 is 1.83 bits per heavy atom. The molecule has 2 heterocycles. The van der Waals surface area contributed by atoms with E-state index in [0.717, 1.165) is 16.9 Å². The third-order valence-corrected chi connectivity index (χ3v) is 3.98. The van der Waals surface area contributed by atoms with Crippen molar-refractivity contribution in [1.82, 2.24) is 19.9 Å². The van der Waals surface area contributed by atoms with Crippen molar-refractivity contribution >= 4 is 16.9 Å². The van der Waals surface area contributed by atoms with E-state index in [9.17, 15) is 9.59 Å². The molecule has 0 aliphatic heterocycles. The van der Waals surface area contributed by atoms with Gasteiger partial charge in [0.05, 0.1) is 22.4 Å². The van der Waals surface area contributed by atoms with Crippen molar-refractivity contribution in [3.8, 4) is 0 Å². The van der Waals surface area contributed by atoms with E-state index in [1.807, 2.05) is 13.8 Å². The second-order valence-electron chi connectivity index (χ2n) is 5.73. The van der Waals surface area contributed by atoms with Crippen LogP contribution in [0, 0.1) is 13.8 Å². The van der Waals surface area contributed by atoms with Gasteiger partial charge in [0.2, 0.25) is 0 Å².